The van der Waals surface area contributed by atoms with Crippen molar-refractivity contribution in [1.29, 1.82) is 0 Å². The zero-order valence-electron chi connectivity index (χ0n) is 18.9. The van der Waals surface area contributed by atoms with Crippen LogP contribution in [0.4, 0.5) is 0 Å². The molecule has 0 spiro atoms. The summed E-state index contributed by atoms with van der Waals surface area (Å²) in [5, 5.41) is 15.7. The lowest BCUT2D eigenvalue weighted by atomic mass is 10.1. The van der Waals surface area contributed by atoms with E-state index in [-0.39, 0.29) is 22.0 Å². The maximum Gasteiger partial charge on any atom is 0.326 e. The van der Waals surface area contributed by atoms with E-state index in [4.69, 9.17) is 27.9 Å². The van der Waals surface area contributed by atoms with E-state index in [0.29, 0.717) is 6.61 Å². The Balaban J connectivity index is 1.44. The monoisotopic (exact) mass is 505 g/mol. The van der Waals surface area contributed by atoms with Crippen molar-refractivity contribution >= 4 is 40.8 Å². The minimum Gasteiger partial charge on any atom is -0.494 e. The minimum absolute atomic E-state index is 0.0595. The first-order valence-corrected chi connectivity index (χ1v) is 12.1. The lowest BCUT2D eigenvalue weighted by Gasteiger charge is -2.16. The van der Waals surface area contributed by atoms with E-state index in [1.807, 2.05) is 12.1 Å². The Hall–Kier alpha value is -2.61. The molecule has 182 valence electrons. The molecule has 1 atom stereocenters. The summed E-state index contributed by atoms with van der Waals surface area (Å²) in [6, 6.07) is 10.8. The Labute approximate surface area is 209 Å². The van der Waals surface area contributed by atoms with Crippen LogP contribution in [0.15, 0.2) is 47.5 Å². The van der Waals surface area contributed by atoms with E-state index in [2.05, 4.69) is 15.6 Å². The number of unbranched alkanes of at least 4 members (excludes halogenated alkanes) is 2. The van der Waals surface area contributed by atoms with Crippen molar-refractivity contribution in [3.8, 4) is 5.75 Å². The van der Waals surface area contributed by atoms with Crippen LogP contribution >= 0.6 is 23.2 Å². The summed E-state index contributed by atoms with van der Waals surface area (Å²) < 4.78 is 5.80. The second-order valence-corrected chi connectivity index (χ2v) is 8.91. The van der Waals surface area contributed by atoms with Gasteiger partial charge in [-0.2, -0.15) is 0 Å². The zero-order chi connectivity index (χ0) is 24.3. The second kappa shape index (κ2) is 13.3. The van der Waals surface area contributed by atoms with Gasteiger partial charge < -0.3 is 20.5 Å². The Morgan fingerprint density at radius 1 is 1.09 bits per heavy atom. The lowest BCUT2D eigenvalue weighted by Crippen LogP contribution is -2.42. The molecular formula is C25H29Cl2N3O4. The highest BCUT2D eigenvalue weighted by Crippen LogP contribution is 2.24. The number of amides is 1. The molecule has 3 N–H and O–H groups in total. The van der Waals surface area contributed by atoms with E-state index in [1.54, 1.807) is 18.2 Å². The number of nitrogens with zero attached hydrogens (tertiary/aromatic N) is 1. The summed E-state index contributed by atoms with van der Waals surface area (Å²) in [4.78, 5) is 28.8. The topological polar surface area (TPSA) is 100 Å². The maximum absolute atomic E-state index is 12.6. The van der Waals surface area contributed by atoms with Gasteiger partial charge in [0, 0.05) is 25.2 Å². The molecule has 1 amide bonds. The van der Waals surface area contributed by atoms with Gasteiger partial charge in [0.15, 0.2) is 0 Å². The minimum atomic E-state index is -1.15. The zero-order valence-corrected chi connectivity index (χ0v) is 20.4. The van der Waals surface area contributed by atoms with Crippen molar-refractivity contribution in [3.05, 3.63) is 63.6 Å². The number of ether oxygens (including phenoxy) is 1. The van der Waals surface area contributed by atoms with Crippen molar-refractivity contribution in [1.82, 2.24) is 10.6 Å². The van der Waals surface area contributed by atoms with Gasteiger partial charge in [0.2, 0.25) is 0 Å². The average Bonchev–Trinajstić information content (AvgIpc) is 2.82. The number of carbonyl (C=O) groups excluding carboxylic acids is 1. The number of aliphatic carboxylic acids is 1. The van der Waals surface area contributed by atoms with Crippen molar-refractivity contribution in [2.24, 2.45) is 4.99 Å². The summed E-state index contributed by atoms with van der Waals surface area (Å²) in [5.41, 5.74) is 2.07. The van der Waals surface area contributed by atoms with Gasteiger partial charge in [0.1, 0.15) is 11.8 Å². The number of carboxylic acids is 1. The number of nitrogens with one attached hydrogen (secondary N) is 2. The summed E-state index contributed by atoms with van der Waals surface area (Å²) >= 11 is 12.1. The lowest BCUT2D eigenvalue weighted by molar-refractivity contribution is -0.139. The quantitative estimate of drug-likeness (QED) is 0.371. The molecule has 2 aromatic carbocycles. The molecule has 0 radical (unpaired) electrons. The molecule has 2 aromatic rings. The smallest absolute Gasteiger partial charge is 0.326 e. The fraction of sp³-hybridized carbons (Fsp3) is 0.400. The molecular weight excluding hydrogens is 477 g/mol. The fourth-order valence-corrected chi connectivity index (χ4v) is 4.22. The molecule has 0 saturated carbocycles. The highest BCUT2D eigenvalue weighted by molar-refractivity contribution is 6.39. The molecule has 1 aliphatic heterocycles. The van der Waals surface area contributed by atoms with E-state index in [0.717, 1.165) is 56.6 Å². The molecule has 0 fully saturated rings. The van der Waals surface area contributed by atoms with Crippen molar-refractivity contribution in [2.45, 2.75) is 38.1 Å². The summed E-state index contributed by atoms with van der Waals surface area (Å²) in [6.07, 6.45) is 4.28. The van der Waals surface area contributed by atoms with E-state index < -0.39 is 17.9 Å². The standard InChI is InChI=1S/C25H29Cl2N3O4/c26-20-6-4-7-21(27)23(20)24(31)30-22(25(32)33)15-17-8-10-19(11-9-17)34-14-3-1-2-5-18-16-28-12-13-29-18/h4,6-11,22,28H,1-3,5,12-16H2,(H,30,31)(H,32,33)/t22-/m0/s1. The number of carbonyl (C=O) groups is 2. The first kappa shape index (κ1) is 26.0. The molecule has 7 nitrogen and oxygen atoms in total. The predicted molar refractivity (Wildman–Crippen MR) is 135 cm³/mol. The van der Waals surface area contributed by atoms with Gasteiger partial charge in [0.05, 0.1) is 28.8 Å². The fourth-order valence-electron chi connectivity index (χ4n) is 3.65. The third-order valence-corrected chi connectivity index (χ3v) is 6.12. The van der Waals surface area contributed by atoms with Crippen LogP contribution in [0.25, 0.3) is 0 Å². The number of benzene rings is 2. The number of hydrogen-bond acceptors (Lipinski definition) is 5. The van der Waals surface area contributed by atoms with Crippen molar-refractivity contribution < 1.29 is 19.4 Å². The molecule has 0 bridgehead atoms. The predicted octanol–water partition coefficient (Wildman–Crippen LogP) is 4.40. The highest BCUT2D eigenvalue weighted by Gasteiger charge is 2.23. The molecule has 3 rings (SSSR count). The van der Waals surface area contributed by atoms with Crippen LogP contribution in [0.1, 0.15) is 41.6 Å². The normalized spacial score (nSPS) is 14.2. The van der Waals surface area contributed by atoms with Crippen LogP contribution in [0.3, 0.4) is 0 Å². The van der Waals surface area contributed by atoms with Crippen LogP contribution in [0.5, 0.6) is 5.75 Å². The Kier molecular flexibility index (Phi) is 10.2. The van der Waals surface area contributed by atoms with E-state index >= 15 is 0 Å². The van der Waals surface area contributed by atoms with Gasteiger partial charge in [-0.25, -0.2) is 4.79 Å². The number of carboxylic acid groups (broad SMARTS) is 1. The van der Waals surface area contributed by atoms with Gasteiger partial charge in [-0.05, 0) is 55.5 Å². The first-order chi connectivity index (χ1) is 16.4. The molecule has 0 aromatic heterocycles. The van der Waals surface area contributed by atoms with Crippen LogP contribution in [0.2, 0.25) is 10.0 Å². The largest absolute Gasteiger partial charge is 0.494 e. The molecule has 9 heteroatoms. The third kappa shape index (κ3) is 8.01. The van der Waals surface area contributed by atoms with E-state index in [1.165, 1.54) is 17.8 Å². The number of hydrogen-bond donors (Lipinski definition) is 3. The summed E-state index contributed by atoms with van der Waals surface area (Å²) in [5.74, 6) is -1.05. The van der Waals surface area contributed by atoms with Crippen LogP contribution in [-0.4, -0.2) is 55.0 Å². The Morgan fingerprint density at radius 3 is 2.47 bits per heavy atom. The van der Waals surface area contributed by atoms with Gasteiger partial charge in [-0.15, -0.1) is 0 Å². The van der Waals surface area contributed by atoms with Crippen LogP contribution in [0, 0.1) is 0 Å². The molecule has 0 aliphatic carbocycles. The Morgan fingerprint density at radius 2 is 1.82 bits per heavy atom. The molecule has 1 aliphatic rings. The average molecular weight is 506 g/mol. The highest BCUT2D eigenvalue weighted by atomic mass is 35.5. The Bertz CT molecular complexity index is 991. The SMILES string of the molecule is O=C(N[C@@H](Cc1ccc(OCCCCCC2=NCCNC2)cc1)C(=O)O)c1c(Cl)cccc1Cl. The second-order valence-electron chi connectivity index (χ2n) is 8.09. The summed E-state index contributed by atoms with van der Waals surface area (Å²) in [7, 11) is 0. The molecule has 34 heavy (non-hydrogen) atoms. The van der Waals surface area contributed by atoms with Gasteiger partial charge >= 0.3 is 5.97 Å². The number of rotatable bonds is 12. The van der Waals surface area contributed by atoms with Crippen LogP contribution in [-0.2, 0) is 11.2 Å². The molecule has 0 unspecified atom stereocenters. The first-order valence-electron chi connectivity index (χ1n) is 11.4. The van der Waals surface area contributed by atoms with Gasteiger partial charge in [-0.1, -0.05) is 41.4 Å². The maximum atomic E-state index is 12.6. The van der Waals surface area contributed by atoms with Gasteiger partial charge in [0.25, 0.3) is 5.91 Å². The third-order valence-electron chi connectivity index (χ3n) is 5.49. The number of halogens is 2. The van der Waals surface area contributed by atoms with Crippen LogP contribution < -0.4 is 15.4 Å². The molecule has 1 heterocycles. The van der Waals surface area contributed by atoms with E-state index in [9.17, 15) is 14.7 Å². The number of aliphatic imine (C=N–C) groups is 1. The van der Waals surface area contributed by atoms with Crippen molar-refractivity contribution in [3.63, 3.8) is 0 Å². The summed E-state index contributed by atoms with van der Waals surface area (Å²) in [6.45, 7) is 3.38. The molecule has 0 saturated heterocycles. The van der Waals surface area contributed by atoms with Gasteiger partial charge in [-0.3, -0.25) is 9.79 Å². The van der Waals surface area contributed by atoms with Crippen molar-refractivity contribution in [2.75, 3.05) is 26.2 Å².